The van der Waals surface area contributed by atoms with Gasteiger partial charge in [0.2, 0.25) is 10.6 Å². The Kier molecular flexibility index (Phi) is 3.07. The van der Waals surface area contributed by atoms with E-state index in [1.165, 1.54) is 11.1 Å². The molecule has 1 fully saturated rings. The van der Waals surface area contributed by atoms with Gasteiger partial charge in [-0.3, -0.25) is 0 Å². The summed E-state index contributed by atoms with van der Waals surface area (Å²) in [6.07, 6.45) is 4.41. The van der Waals surface area contributed by atoms with Crippen molar-refractivity contribution >= 4 is 18.4 Å². The Bertz CT molecular complexity index is 872. The number of aromatic amines is 1. The highest BCUT2D eigenvalue weighted by molar-refractivity contribution is 7.71. The number of aromatic nitrogens is 3. The minimum atomic E-state index is 0.394. The number of nitrogens with one attached hydrogen (secondary N) is 1. The van der Waals surface area contributed by atoms with Crippen molar-refractivity contribution in [3.8, 4) is 11.6 Å². The third-order valence-electron chi connectivity index (χ3n) is 3.81. The first-order chi connectivity index (χ1) is 10.7. The van der Waals surface area contributed by atoms with Gasteiger partial charge in [-0.05, 0) is 48.8 Å². The monoisotopic (exact) mass is 314 g/mol. The molecular formula is C15H14N4O2S. The summed E-state index contributed by atoms with van der Waals surface area (Å²) in [6, 6.07) is 7.52. The van der Waals surface area contributed by atoms with E-state index in [-0.39, 0.29) is 0 Å². The van der Waals surface area contributed by atoms with Gasteiger partial charge in [0, 0.05) is 5.92 Å². The fourth-order valence-electron chi connectivity index (χ4n) is 2.43. The molecule has 3 heterocycles. The van der Waals surface area contributed by atoms with Crippen LogP contribution in [0.15, 0.2) is 44.5 Å². The summed E-state index contributed by atoms with van der Waals surface area (Å²) in [5.41, 5.74) is 0. The third-order valence-corrected chi connectivity index (χ3v) is 4.08. The minimum Gasteiger partial charge on any atom is -0.461 e. The zero-order chi connectivity index (χ0) is 15.1. The number of furan rings is 2. The highest BCUT2D eigenvalue weighted by Gasteiger charge is 2.36. The number of rotatable bonds is 4. The summed E-state index contributed by atoms with van der Waals surface area (Å²) in [7, 11) is 0. The van der Waals surface area contributed by atoms with E-state index in [1.807, 2.05) is 12.1 Å². The Balaban J connectivity index is 1.62. The molecule has 0 radical (unpaired) electrons. The standard InChI is InChI=1S/C15H14N4O2S/c1-9-7-11(9)12-5-4-10(21-12)8-16-19-14(17-18-15(19)22)13-3-2-6-20-13/h2-6,8-9,11H,7H2,1H3,(H,18,22)/b16-8-/t9-,11+/m0/s1. The number of nitrogens with zero attached hydrogens (tertiary/aromatic N) is 3. The molecule has 1 aliphatic rings. The van der Waals surface area contributed by atoms with Crippen molar-refractivity contribution in [3.05, 3.63) is 46.8 Å². The second kappa shape index (κ2) is 5.10. The lowest BCUT2D eigenvalue weighted by atomic mass is 10.3. The van der Waals surface area contributed by atoms with Crippen molar-refractivity contribution in [1.82, 2.24) is 14.9 Å². The molecule has 6 nitrogen and oxygen atoms in total. The number of hydrogen-bond donors (Lipinski definition) is 1. The highest BCUT2D eigenvalue weighted by Crippen LogP contribution is 2.47. The lowest BCUT2D eigenvalue weighted by Gasteiger charge is -1.96. The Morgan fingerprint density at radius 3 is 3.05 bits per heavy atom. The molecule has 7 heteroatoms. The molecule has 1 N–H and O–H groups in total. The Morgan fingerprint density at radius 2 is 2.32 bits per heavy atom. The van der Waals surface area contributed by atoms with E-state index in [1.54, 1.807) is 24.6 Å². The van der Waals surface area contributed by atoms with Gasteiger partial charge in [0.25, 0.3) is 0 Å². The molecular weight excluding hydrogens is 300 g/mol. The van der Waals surface area contributed by atoms with E-state index in [2.05, 4.69) is 22.2 Å². The van der Waals surface area contributed by atoms with Crippen LogP contribution >= 0.6 is 12.2 Å². The van der Waals surface area contributed by atoms with Gasteiger partial charge in [0.05, 0.1) is 12.5 Å². The van der Waals surface area contributed by atoms with Crippen LogP contribution in [0.3, 0.4) is 0 Å². The van der Waals surface area contributed by atoms with Gasteiger partial charge in [-0.1, -0.05) is 6.92 Å². The molecule has 0 unspecified atom stereocenters. The predicted octanol–water partition coefficient (Wildman–Crippen LogP) is 3.80. The molecule has 0 aromatic carbocycles. The molecule has 0 amide bonds. The summed E-state index contributed by atoms with van der Waals surface area (Å²) in [5, 5.41) is 11.2. The van der Waals surface area contributed by atoms with Crippen molar-refractivity contribution < 1.29 is 8.83 Å². The van der Waals surface area contributed by atoms with E-state index >= 15 is 0 Å². The summed E-state index contributed by atoms with van der Waals surface area (Å²) in [5.74, 6) is 4.10. The molecule has 3 aromatic rings. The fourth-order valence-corrected chi connectivity index (χ4v) is 2.61. The SMILES string of the molecule is C[C@H]1C[C@H]1c1ccc(/C=N\n2c(-c3ccco3)n[nH]c2=S)o1. The van der Waals surface area contributed by atoms with Gasteiger partial charge in [-0.25, -0.2) is 5.10 Å². The van der Waals surface area contributed by atoms with E-state index in [4.69, 9.17) is 21.1 Å². The molecule has 1 aliphatic carbocycles. The Hall–Kier alpha value is -2.41. The van der Waals surface area contributed by atoms with E-state index in [0.717, 1.165) is 5.76 Å². The van der Waals surface area contributed by atoms with Gasteiger partial charge in [-0.2, -0.15) is 9.78 Å². The second-order valence-electron chi connectivity index (χ2n) is 5.45. The van der Waals surface area contributed by atoms with Gasteiger partial charge in [-0.15, -0.1) is 5.10 Å². The average molecular weight is 314 g/mol. The molecule has 0 saturated heterocycles. The van der Waals surface area contributed by atoms with Crippen molar-refractivity contribution in [2.75, 3.05) is 0 Å². The molecule has 0 aliphatic heterocycles. The Labute approximate surface area is 131 Å². The fraction of sp³-hybridized carbons (Fsp3) is 0.267. The van der Waals surface area contributed by atoms with Crippen LogP contribution in [0, 0.1) is 10.7 Å². The molecule has 4 rings (SSSR count). The lowest BCUT2D eigenvalue weighted by Crippen LogP contribution is -1.93. The van der Waals surface area contributed by atoms with Crippen LogP contribution in [0.5, 0.6) is 0 Å². The van der Waals surface area contributed by atoms with E-state index in [9.17, 15) is 0 Å². The minimum absolute atomic E-state index is 0.394. The van der Waals surface area contributed by atoms with E-state index in [0.29, 0.717) is 34.0 Å². The van der Waals surface area contributed by atoms with Crippen LogP contribution in [0.4, 0.5) is 0 Å². The first-order valence-electron chi connectivity index (χ1n) is 7.08. The largest absolute Gasteiger partial charge is 0.461 e. The normalized spacial score (nSPS) is 20.8. The predicted molar refractivity (Wildman–Crippen MR) is 83.3 cm³/mol. The third kappa shape index (κ3) is 2.33. The second-order valence-corrected chi connectivity index (χ2v) is 5.83. The Morgan fingerprint density at radius 1 is 1.45 bits per heavy atom. The molecule has 0 spiro atoms. The summed E-state index contributed by atoms with van der Waals surface area (Å²) in [4.78, 5) is 0. The zero-order valence-electron chi connectivity index (χ0n) is 11.9. The summed E-state index contributed by atoms with van der Waals surface area (Å²) in [6.45, 7) is 2.22. The molecule has 1 saturated carbocycles. The van der Waals surface area contributed by atoms with Crippen molar-refractivity contribution in [1.29, 1.82) is 0 Å². The quantitative estimate of drug-likeness (QED) is 0.587. The first-order valence-corrected chi connectivity index (χ1v) is 7.48. The molecule has 3 aromatic heterocycles. The van der Waals surface area contributed by atoms with Gasteiger partial charge < -0.3 is 8.83 Å². The highest BCUT2D eigenvalue weighted by atomic mass is 32.1. The van der Waals surface area contributed by atoms with Crippen LogP contribution in [-0.2, 0) is 0 Å². The smallest absolute Gasteiger partial charge is 0.219 e. The van der Waals surface area contributed by atoms with Crippen molar-refractivity contribution in [2.45, 2.75) is 19.3 Å². The van der Waals surface area contributed by atoms with Gasteiger partial charge >= 0.3 is 0 Å². The maximum atomic E-state index is 5.80. The first kappa shape index (κ1) is 13.3. The summed E-state index contributed by atoms with van der Waals surface area (Å²) >= 11 is 5.19. The average Bonchev–Trinajstić information content (AvgIpc) is 2.99. The van der Waals surface area contributed by atoms with Crippen LogP contribution in [0.1, 0.15) is 30.8 Å². The van der Waals surface area contributed by atoms with Crippen LogP contribution in [-0.4, -0.2) is 21.1 Å². The molecule has 0 bridgehead atoms. The zero-order valence-corrected chi connectivity index (χ0v) is 12.7. The van der Waals surface area contributed by atoms with Gasteiger partial charge in [0.15, 0.2) is 5.76 Å². The molecule has 112 valence electrons. The van der Waals surface area contributed by atoms with Crippen molar-refractivity contribution in [3.63, 3.8) is 0 Å². The lowest BCUT2D eigenvalue weighted by molar-refractivity contribution is 0.500. The molecule has 2 atom stereocenters. The topological polar surface area (TPSA) is 72.2 Å². The maximum Gasteiger partial charge on any atom is 0.219 e. The van der Waals surface area contributed by atoms with Gasteiger partial charge in [0.1, 0.15) is 11.5 Å². The van der Waals surface area contributed by atoms with E-state index < -0.39 is 0 Å². The van der Waals surface area contributed by atoms with Crippen LogP contribution in [0.25, 0.3) is 11.6 Å². The van der Waals surface area contributed by atoms with Crippen LogP contribution < -0.4 is 0 Å². The van der Waals surface area contributed by atoms with Crippen LogP contribution in [0.2, 0.25) is 0 Å². The maximum absolute atomic E-state index is 5.80. The summed E-state index contributed by atoms with van der Waals surface area (Å²) < 4.78 is 13.0. The number of hydrogen-bond acceptors (Lipinski definition) is 5. The number of H-pyrrole nitrogens is 1. The molecule has 22 heavy (non-hydrogen) atoms. The van der Waals surface area contributed by atoms with Crippen molar-refractivity contribution in [2.24, 2.45) is 11.0 Å².